The number of fused-ring (bicyclic) bond motifs is 1. The minimum Gasteiger partial charge on any atom is -0.352 e. The summed E-state index contributed by atoms with van der Waals surface area (Å²) in [5.41, 5.74) is 1.44. The second-order valence-corrected chi connectivity index (χ2v) is 10.5. The largest absolute Gasteiger partial charge is 0.352 e. The number of sulfone groups is 1. The third-order valence-corrected chi connectivity index (χ3v) is 7.86. The molecule has 2 N–H and O–H groups in total. The van der Waals surface area contributed by atoms with Crippen LogP contribution in [0.15, 0.2) is 58.3 Å². The van der Waals surface area contributed by atoms with E-state index >= 15 is 0 Å². The highest BCUT2D eigenvalue weighted by Gasteiger charge is 2.29. The van der Waals surface area contributed by atoms with Gasteiger partial charge >= 0.3 is 0 Å². The number of benzene rings is 2. The molecule has 148 valence electrons. The first-order chi connectivity index (χ1) is 13.3. The fourth-order valence-electron chi connectivity index (χ4n) is 2.84. The molecule has 0 aliphatic carbocycles. The summed E-state index contributed by atoms with van der Waals surface area (Å²) in [6, 6.07) is 14.1. The summed E-state index contributed by atoms with van der Waals surface area (Å²) in [7, 11) is -3.70. The Bertz CT molecular complexity index is 991. The van der Waals surface area contributed by atoms with Crippen LogP contribution in [0.5, 0.6) is 0 Å². The van der Waals surface area contributed by atoms with E-state index < -0.39 is 15.1 Å². The molecule has 2 atom stereocenters. The predicted octanol–water partition coefficient (Wildman–Crippen LogP) is 2.99. The highest BCUT2D eigenvalue weighted by atomic mass is 32.2. The average Bonchev–Trinajstić information content (AvgIpc) is 2.67. The lowest BCUT2D eigenvalue weighted by Crippen LogP contribution is -2.30. The van der Waals surface area contributed by atoms with Gasteiger partial charge in [-0.3, -0.25) is 9.59 Å². The smallest absolute Gasteiger partial charge is 0.237 e. The Hall–Kier alpha value is -2.32. The number of hydrogen-bond donors (Lipinski definition) is 2. The summed E-state index contributed by atoms with van der Waals surface area (Å²) >= 11 is 1.39. The zero-order chi connectivity index (χ0) is 20.3. The molecule has 0 bridgehead atoms. The second-order valence-electron chi connectivity index (χ2n) is 6.73. The van der Waals surface area contributed by atoms with Crippen molar-refractivity contribution >= 4 is 39.1 Å². The minimum absolute atomic E-state index is 0.102. The van der Waals surface area contributed by atoms with Gasteiger partial charge in [-0.2, -0.15) is 0 Å². The molecule has 0 unspecified atom stereocenters. The first-order valence-electron chi connectivity index (χ1n) is 8.93. The normalized spacial score (nSPS) is 17.4. The first-order valence-corrected chi connectivity index (χ1v) is 11.4. The van der Waals surface area contributed by atoms with Gasteiger partial charge in [-0.05, 0) is 37.6 Å². The third kappa shape index (κ3) is 4.56. The molecule has 0 spiro atoms. The van der Waals surface area contributed by atoms with Crippen LogP contribution in [0.4, 0.5) is 5.69 Å². The molecule has 0 radical (unpaired) electrons. The molecule has 1 aliphatic rings. The minimum atomic E-state index is -3.70. The molecule has 2 aromatic carbocycles. The maximum atomic E-state index is 12.9. The Morgan fingerprint density at radius 3 is 2.64 bits per heavy atom. The Morgan fingerprint density at radius 2 is 1.93 bits per heavy atom. The summed E-state index contributed by atoms with van der Waals surface area (Å²) in [5.74, 6) is -0.476. The zero-order valence-corrected chi connectivity index (χ0v) is 17.3. The van der Waals surface area contributed by atoms with Gasteiger partial charge < -0.3 is 10.6 Å². The number of carbonyl (C=O) groups is 2. The van der Waals surface area contributed by atoms with Crippen molar-refractivity contribution in [3.05, 3.63) is 54.1 Å². The molecule has 1 aliphatic heterocycles. The van der Waals surface area contributed by atoms with Crippen molar-refractivity contribution in [1.82, 2.24) is 5.32 Å². The third-order valence-electron chi connectivity index (χ3n) is 4.55. The standard InChI is InChI=1S/C20H22N2O4S2/c1-13(10-19(23)21-12-15-6-4-3-5-7-15)28(25,26)16-8-9-18-17(11-16)22-20(24)14(2)27-18/h3-9,11,13-14H,10,12H2,1-2H3,(H,21,23)(H,22,24)/t13-,14-/m1/s1. The molecule has 2 aromatic rings. The summed E-state index contributed by atoms with van der Waals surface area (Å²) in [6.45, 7) is 3.67. The molecule has 28 heavy (non-hydrogen) atoms. The lowest BCUT2D eigenvalue weighted by molar-refractivity contribution is -0.121. The number of anilines is 1. The lowest BCUT2D eigenvalue weighted by Gasteiger charge is -2.22. The van der Waals surface area contributed by atoms with Crippen molar-refractivity contribution in [1.29, 1.82) is 0 Å². The van der Waals surface area contributed by atoms with Gasteiger partial charge in [0.1, 0.15) is 0 Å². The number of carbonyl (C=O) groups excluding carboxylic acids is 2. The van der Waals surface area contributed by atoms with E-state index in [1.165, 1.54) is 30.8 Å². The molecular formula is C20H22N2O4S2. The summed E-state index contributed by atoms with van der Waals surface area (Å²) in [5, 5.41) is 4.38. The van der Waals surface area contributed by atoms with E-state index in [1.807, 2.05) is 30.3 Å². The van der Waals surface area contributed by atoms with Gasteiger partial charge in [0.25, 0.3) is 0 Å². The second kappa shape index (κ2) is 8.36. The highest BCUT2D eigenvalue weighted by molar-refractivity contribution is 8.01. The maximum absolute atomic E-state index is 12.9. The molecule has 6 nitrogen and oxygen atoms in total. The van der Waals surface area contributed by atoms with Gasteiger partial charge in [0.15, 0.2) is 9.84 Å². The van der Waals surface area contributed by atoms with E-state index in [1.54, 1.807) is 13.0 Å². The maximum Gasteiger partial charge on any atom is 0.237 e. The van der Waals surface area contributed by atoms with Crippen molar-refractivity contribution in [2.24, 2.45) is 0 Å². The molecule has 3 rings (SSSR count). The van der Waals surface area contributed by atoms with Crippen molar-refractivity contribution in [3.63, 3.8) is 0 Å². The van der Waals surface area contributed by atoms with Gasteiger partial charge in [0.2, 0.25) is 11.8 Å². The number of nitrogens with one attached hydrogen (secondary N) is 2. The molecule has 0 saturated carbocycles. The Balaban J connectivity index is 1.67. The van der Waals surface area contributed by atoms with E-state index in [0.717, 1.165) is 10.5 Å². The average molecular weight is 419 g/mol. The van der Waals surface area contributed by atoms with Gasteiger partial charge in [-0.15, -0.1) is 11.8 Å². The van der Waals surface area contributed by atoms with Crippen molar-refractivity contribution in [2.75, 3.05) is 5.32 Å². The molecule has 0 aromatic heterocycles. The quantitative estimate of drug-likeness (QED) is 0.752. The Morgan fingerprint density at radius 1 is 1.21 bits per heavy atom. The topological polar surface area (TPSA) is 92.3 Å². The Kier molecular flexibility index (Phi) is 6.10. The van der Waals surface area contributed by atoms with Gasteiger partial charge in [0.05, 0.1) is 21.1 Å². The van der Waals surface area contributed by atoms with Crippen molar-refractivity contribution in [2.45, 2.75) is 47.1 Å². The summed E-state index contributed by atoms with van der Waals surface area (Å²) in [4.78, 5) is 25.0. The van der Waals surface area contributed by atoms with E-state index in [0.29, 0.717) is 12.2 Å². The molecular weight excluding hydrogens is 396 g/mol. The molecule has 0 saturated heterocycles. The summed E-state index contributed by atoms with van der Waals surface area (Å²) < 4.78 is 25.7. The van der Waals surface area contributed by atoms with E-state index in [-0.39, 0.29) is 28.4 Å². The Labute approximate surface area is 169 Å². The van der Waals surface area contributed by atoms with Gasteiger partial charge in [-0.1, -0.05) is 30.3 Å². The molecule has 0 fully saturated rings. The fourth-order valence-corrected chi connectivity index (χ4v) is 5.14. The van der Waals surface area contributed by atoms with Crippen molar-refractivity contribution in [3.8, 4) is 0 Å². The van der Waals surface area contributed by atoms with Crippen LogP contribution >= 0.6 is 11.8 Å². The number of thioether (sulfide) groups is 1. The van der Waals surface area contributed by atoms with Crippen LogP contribution in [0.3, 0.4) is 0 Å². The van der Waals surface area contributed by atoms with Crippen LogP contribution in [0.1, 0.15) is 25.8 Å². The van der Waals surface area contributed by atoms with Gasteiger partial charge in [0, 0.05) is 17.9 Å². The molecule has 8 heteroatoms. The van der Waals surface area contributed by atoms with E-state index in [9.17, 15) is 18.0 Å². The van der Waals surface area contributed by atoms with Crippen LogP contribution in [0.2, 0.25) is 0 Å². The van der Waals surface area contributed by atoms with Crippen LogP contribution in [-0.4, -0.2) is 30.7 Å². The molecule has 2 amide bonds. The summed E-state index contributed by atoms with van der Waals surface area (Å²) in [6.07, 6.45) is -0.135. The first kappa shape index (κ1) is 20.4. The number of rotatable bonds is 6. The van der Waals surface area contributed by atoms with E-state index in [4.69, 9.17) is 0 Å². The zero-order valence-electron chi connectivity index (χ0n) is 15.6. The van der Waals surface area contributed by atoms with Crippen molar-refractivity contribution < 1.29 is 18.0 Å². The fraction of sp³-hybridized carbons (Fsp3) is 0.300. The van der Waals surface area contributed by atoms with Crippen LogP contribution in [0, 0.1) is 0 Å². The van der Waals surface area contributed by atoms with Crippen LogP contribution in [-0.2, 0) is 26.0 Å². The monoisotopic (exact) mass is 418 g/mol. The molecule has 1 heterocycles. The van der Waals surface area contributed by atoms with Crippen LogP contribution < -0.4 is 10.6 Å². The van der Waals surface area contributed by atoms with Crippen LogP contribution in [0.25, 0.3) is 0 Å². The SMILES string of the molecule is C[C@H](CC(=O)NCc1ccccc1)S(=O)(=O)c1ccc2c(c1)NC(=O)[C@@H](C)S2. The lowest BCUT2D eigenvalue weighted by atomic mass is 10.2. The van der Waals surface area contributed by atoms with E-state index in [2.05, 4.69) is 10.6 Å². The number of amides is 2. The highest BCUT2D eigenvalue weighted by Crippen LogP contribution is 2.37. The van der Waals surface area contributed by atoms with Gasteiger partial charge in [-0.25, -0.2) is 8.42 Å². The predicted molar refractivity (Wildman–Crippen MR) is 110 cm³/mol. The number of hydrogen-bond acceptors (Lipinski definition) is 5.